The fourth-order valence-electron chi connectivity index (χ4n) is 1.56. The van der Waals surface area contributed by atoms with Crippen molar-refractivity contribution in [2.24, 2.45) is 0 Å². The van der Waals surface area contributed by atoms with E-state index in [1.54, 1.807) is 0 Å². The lowest BCUT2D eigenvalue weighted by atomic mass is 10.2. The van der Waals surface area contributed by atoms with Crippen LogP contribution in [0.25, 0.3) is 0 Å². The number of rotatable bonds is 7. The Labute approximate surface area is 96.5 Å². The summed E-state index contributed by atoms with van der Waals surface area (Å²) in [6, 6.07) is 2.16. The number of unbranched alkanes of at least 4 members (excludes halogenated alkanes) is 1. The maximum Gasteiger partial charge on any atom is 0.0558 e. The molecule has 86 valence electrons. The van der Waals surface area contributed by atoms with Crippen molar-refractivity contribution in [3.8, 4) is 0 Å². The molecule has 2 nitrogen and oxygen atoms in total. The van der Waals surface area contributed by atoms with Crippen molar-refractivity contribution in [3.05, 3.63) is 21.9 Å². The molecule has 15 heavy (non-hydrogen) atoms. The van der Waals surface area contributed by atoms with E-state index in [1.807, 2.05) is 11.3 Å². The molecule has 0 unspecified atom stereocenters. The minimum absolute atomic E-state index is 0.258. The van der Waals surface area contributed by atoms with Crippen LogP contribution < -0.4 is 0 Å². The summed E-state index contributed by atoms with van der Waals surface area (Å²) in [4.78, 5) is 3.77. The number of hydrogen-bond donors (Lipinski definition) is 1. The van der Waals surface area contributed by atoms with Gasteiger partial charge in [-0.3, -0.25) is 4.90 Å². The largest absolute Gasteiger partial charge is 0.395 e. The van der Waals surface area contributed by atoms with E-state index in [1.165, 1.54) is 23.3 Å². The highest BCUT2D eigenvalue weighted by Crippen LogP contribution is 2.17. The van der Waals surface area contributed by atoms with E-state index in [4.69, 9.17) is 5.11 Å². The van der Waals surface area contributed by atoms with Gasteiger partial charge in [-0.05, 0) is 36.9 Å². The monoisotopic (exact) mass is 227 g/mol. The van der Waals surface area contributed by atoms with Crippen LogP contribution in [0.1, 0.15) is 30.2 Å². The van der Waals surface area contributed by atoms with Crippen molar-refractivity contribution in [3.63, 3.8) is 0 Å². The zero-order valence-corrected chi connectivity index (χ0v) is 10.5. The van der Waals surface area contributed by atoms with Gasteiger partial charge in [0.05, 0.1) is 6.61 Å². The van der Waals surface area contributed by atoms with E-state index in [0.29, 0.717) is 0 Å². The molecule has 0 fully saturated rings. The molecule has 3 heteroatoms. The Kier molecular flexibility index (Phi) is 5.91. The second kappa shape index (κ2) is 6.99. The Morgan fingerprint density at radius 2 is 2.20 bits per heavy atom. The molecule has 1 heterocycles. The van der Waals surface area contributed by atoms with E-state index in [0.717, 1.165) is 19.6 Å². The van der Waals surface area contributed by atoms with Crippen molar-refractivity contribution in [1.82, 2.24) is 4.90 Å². The Balaban J connectivity index is 2.46. The molecule has 0 atom stereocenters. The molecular formula is C12H21NOS. The number of aryl methyl sites for hydroxylation is 1. The van der Waals surface area contributed by atoms with Gasteiger partial charge in [-0.15, -0.1) is 11.3 Å². The molecule has 0 aliphatic heterocycles. The van der Waals surface area contributed by atoms with Gasteiger partial charge in [-0.25, -0.2) is 0 Å². The minimum atomic E-state index is 0.258. The molecule has 1 N–H and O–H groups in total. The van der Waals surface area contributed by atoms with E-state index >= 15 is 0 Å². The first-order chi connectivity index (χ1) is 7.27. The van der Waals surface area contributed by atoms with Gasteiger partial charge in [0.25, 0.3) is 0 Å². The molecule has 0 saturated carbocycles. The van der Waals surface area contributed by atoms with Gasteiger partial charge in [0.1, 0.15) is 0 Å². The topological polar surface area (TPSA) is 23.5 Å². The SMILES string of the molecule is CCCCN(CCO)Cc1sccc1C. The van der Waals surface area contributed by atoms with Crippen LogP contribution in [0.5, 0.6) is 0 Å². The normalized spacial score (nSPS) is 11.2. The van der Waals surface area contributed by atoms with Crippen LogP contribution in [0.3, 0.4) is 0 Å². The first-order valence-electron chi connectivity index (χ1n) is 5.64. The zero-order chi connectivity index (χ0) is 11.1. The van der Waals surface area contributed by atoms with Crippen LogP contribution in [0, 0.1) is 6.92 Å². The maximum absolute atomic E-state index is 9.00. The molecule has 0 aromatic carbocycles. The molecule has 0 saturated heterocycles. The van der Waals surface area contributed by atoms with E-state index in [9.17, 15) is 0 Å². The lowest BCUT2D eigenvalue weighted by molar-refractivity contribution is 0.189. The van der Waals surface area contributed by atoms with Gasteiger partial charge in [-0.2, -0.15) is 0 Å². The van der Waals surface area contributed by atoms with Crippen molar-refractivity contribution in [1.29, 1.82) is 0 Å². The fourth-order valence-corrected chi connectivity index (χ4v) is 2.51. The summed E-state index contributed by atoms with van der Waals surface area (Å²) in [6.45, 7) is 7.49. The molecule has 0 radical (unpaired) electrons. The summed E-state index contributed by atoms with van der Waals surface area (Å²) in [5, 5.41) is 11.1. The molecule has 0 amide bonds. The average molecular weight is 227 g/mol. The van der Waals surface area contributed by atoms with Gasteiger partial charge in [0.15, 0.2) is 0 Å². The van der Waals surface area contributed by atoms with Crippen LogP contribution >= 0.6 is 11.3 Å². The standard InChI is InChI=1S/C12H21NOS/c1-3-4-6-13(7-8-14)10-12-11(2)5-9-15-12/h5,9,14H,3-4,6-8,10H2,1-2H3. The highest BCUT2D eigenvalue weighted by molar-refractivity contribution is 7.10. The molecular weight excluding hydrogens is 206 g/mol. The van der Waals surface area contributed by atoms with Gasteiger partial charge in [0, 0.05) is 18.0 Å². The summed E-state index contributed by atoms with van der Waals surface area (Å²) >= 11 is 1.81. The summed E-state index contributed by atoms with van der Waals surface area (Å²) in [7, 11) is 0. The van der Waals surface area contributed by atoms with Gasteiger partial charge >= 0.3 is 0 Å². The van der Waals surface area contributed by atoms with Crippen LogP contribution in [0.15, 0.2) is 11.4 Å². The Bertz CT molecular complexity index is 272. The highest BCUT2D eigenvalue weighted by atomic mass is 32.1. The number of hydrogen-bond acceptors (Lipinski definition) is 3. The predicted octanol–water partition coefficient (Wildman–Crippen LogP) is 2.65. The maximum atomic E-state index is 9.00. The molecule has 0 bridgehead atoms. The van der Waals surface area contributed by atoms with Crippen molar-refractivity contribution in [2.75, 3.05) is 19.7 Å². The van der Waals surface area contributed by atoms with Gasteiger partial charge in [-0.1, -0.05) is 13.3 Å². The average Bonchev–Trinajstić information content (AvgIpc) is 2.61. The zero-order valence-electron chi connectivity index (χ0n) is 9.70. The van der Waals surface area contributed by atoms with Crippen LogP contribution in [-0.4, -0.2) is 29.7 Å². The minimum Gasteiger partial charge on any atom is -0.395 e. The van der Waals surface area contributed by atoms with Crippen LogP contribution in [-0.2, 0) is 6.54 Å². The second-order valence-electron chi connectivity index (χ2n) is 3.88. The fraction of sp³-hybridized carbons (Fsp3) is 0.667. The third-order valence-electron chi connectivity index (χ3n) is 2.58. The second-order valence-corrected chi connectivity index (χ2v) is 4.88. The first-order valence-corrected chi connectivity index (χ1v) is 6.52. The molecule has 1 aromatic heterocycles. The number of nitrogens with zero attached hydrogens (tertiary/aromatic N) is 1. The number of aliphatic hydroxyl groups is 1. The third kappa shape index (κ3) is 4.33. The lowest BCUT2D eigenvalue weighted by Crippen LogP contribution is -2.27. The quantitative estimate of drug-likeness (QED) is 0.774. The smallest absolute Gasteiger partial charge is 0.0558 e. The predicted molar refractivity (Wildman–Crippen MR) is 66.3 cm³/mol. The number of aliphatic hydroxyl groups excluding tert-OH is 1. The van der Waals surface area contributed by atoms with Crippen LogP contribution in [0.2, 0.25) is 0 Å². The molecule has 0 aliphatic rings. The van der Waals surface area contributed by atoms with Crippen molar-refractivity contribution in [2.45, 2.75) is 33.2 Å². The van der Waals surface area contributed by atoms with Gasteiger partial charge in [0.2, 0.25) is 0 Å². The molecule has 1 aromatic rings. The van der Waals surface area contributed by atoms with Crippen molar-refractivity contribution >= 4 is 11.3 Å². The Hall–Kier alpha value is -0.380. The molecule has 0 spiro atoms. The Morgan fingerprint density at radius 3 is 2.73 bits per heavy atom. The Morgan fingerprint density at radius 1 is 1.40 bits per heavy atom. The molecule has 0 aliphatic carbocycles. The van der Waals surface area contributed by atoms with E-state index < -0.39 is 0 Å². The highest BCUT2D eigenvalue weighted by Gasteiger charge is 2.07. The van der Waals surface area contributed by atoms with Crippen LogP contribution in [0.4, 0.5) is 0 Å². The number of thiophene rings is 1. The van der Waals surface area contributed by atoms with Crippen molar-refractivity contribution < 1.29 is 5.11 Å². The van der Waals surface area contributed by atoms with Gasteiger partial charge < -0.3 is 5.11 Å². The molecule has 1 rings (SSSR count). The first kappa shape index (κ1) is 12.7. The summed E-state index contributed by atoms with van der Waals surface area (Å²) in [6.07, 6.45) is 2.43. The van der Waals surface area contributed by atoms with E-state index in [2.05, 4.69) is 30.2 Å². The third-order valence-corrected chi connectivity index (χ3v) is 3.59. The summed E-state index contributed by atoms with van der Waals surface area (Å²) < 4.78 is 0. The van der Waals surface area contributed by atoms with E-state index in [-0.39, 0.29) is 6.61 Å². The summed E-state index contributed by atoms with van der Waals surface area (Å²) in [5.74, 6) is 0. The lowest BCUT2D eigenvalue weighted by Gasteiger charge is -2.20. The summed E-state index contributed by atoms with van der Waals surface area (Å²) in [5.41, 5.74) is 1.37.